The average molecular weight is 286 g/mol. The first kappa shape index (κ1) is 18.1. The molecule has 0 aromatic rings. The number of carboxylic acid groups (broad SMARTS) is 2. The van der Waals surface area contributed by atoms with E-state index in [-0.39, 0.29) is 18.0 Å². The maximum absolute atomic E-state index is 10.9. The third kappa shape index (κ3) is 7.56. The smallest absolute Gasteiger partial charge is 0.331 e. The Labute approximate surface area is 118 Å². The van der Waals surface area contributed by atoms with Gasteiger partial charge in [0.15, 0.2) is 0 Å². The van der Waals surface area contributed by atoms with Gasteiger partial charge >= 0.3 is 17.9 Å². The molecule has 0 saturated carbocycles. The molecule has 6 heteroatoms. The lowest BCUT2D eigenvalue weighted by Crippen LogP contribution is -2.20. The standard InChI is InChI=1S/C14H22O6/c1-10(13(16)17)11(14(18)19)8-6-4-3-5-7-9-12(15)20-2/h11H,1,3-9H2,2H3,(H,16,17)(H,18,19). The van der Waals surface area contributed by atoms with Crippen molar-refractivity contribution in [1.82, 2.24) is 0 Å². The van der Waals surface area contributed by atoms with Gasteiger partial charge in [-0.2, -0.15) is 0 Å². The third-order valence-corrected chi connectivity index (χ3v) is 3.09. The van der Waals surface area contributed by atoms with Crippen molar-refractivity contribution in [2.45, 2.75) is 44.9 Å². The molecular weight excluding hydrogens is 264 g/mol. The number of unbranched alkanes of at least 4 members (excludes halogenated alkanes) is 4. The zero-order chi connectivity index (χ0) is 15.5. The molecule has 1 unspecified atom stereocenters. The molecule has 0 aromatic carbocycles. The van der Waals surface area contributed by atoms with Gasteiger partial charge in [-0.3, -0.25) is 9.59 Å². The lowest BCUT2D eigenvalue weighted by molar-refractivity contribution is -0.144. The molecule has 2 N–H and O–H groups in total. The van der Waals surface area contributed by atoms with Crippen molar-refractivity contribution in [2.75, 3.05) is 7.11 Å². The van der Waals surface area contributed by atoms with E-state index < -0.39 is 17.9 Å². The van der Waals surface area contributed by atoms with E-state index in [0.717, 1.165) is 25.7 Å². The number of aliphatic carboxylic acids is 2. The van der Waals surface area contributed by atoms with E-state index in [4.69, 9.17) is 10.2 Å². The number of hydrogen-bond acceptors (Lipinski definition) is 4. The van der Waals surface area contributed by atoms with Crippen LogP contribution in [0.2, 0.25) is 0 Å². The van der Waals surface area contributed by atoms with Crippen LogP contribution >= 0.6 is 0 Å². The maximum atomic E-state index is 10.9. The maximum Gasteiger partial charge on any atom is 0.331 e. The van der Waals surface area contributed by atoms with Crippen molar-refractivity contribution in [3.8, 4) is 0 Å². The summed E-state index contributed by atoms with van der Waals surface area (Å²) in [4.78, 5) is 32.5. The van der Waals surface area contributed by atoms with Crippen molar-refractivity contribution >= 4 is 17.9 Å². The van der Waals surface area contributed by atoms with Gasteiger partial charge in [0, 0.05) is 12.0 Å². The number of hydrogen-bond donors (Lipinski definition) is 2. The Balaban J connectivity index is 3.81. The lowest BCUT2D eigenvalue weighted by Gasteiger charge is -2.11. The summed E-state index contributed by atoms with van der Waals surface area (Å²) < 4.78 is 4.51. The molecule has 1 atom stereocenters. The second-order valence-electron chi connectivity index (χ2n) is 4.60. The predicted octanol–water partition coefficient (Wildman–Crippen LogP) is 2.23. The molecule has 0 aliphatic carbocycles. The molecule has 0 aromatic heterocycles. The van der Waals surface area contributed by atoms with Gasteiger partial charge in [0.25, 0.3) is 0 Å². The molecule has 0 aliphatic rings. The molecule has 0 radical (unpaired) electrons. The van der Waals surface area contributed by atoms with Gasteiger partial charge in [-0.25, -0.2) is 4.79 Å². The van der Waals surface area contributed by atoms with E-state index in [1.807, 2.05) is 0 Å². The molecule has 0 bridgehead atoms. The minimum absolute atomic E-state index is 0.228. The minimum Gasteiger partial charge on any atom is -0.481 e. The Morgan fingerprint density at radius 1 is 1.05 bits per heavy atom. The number of rotatable bonds is 11. The minimum atomic E-state index is -1.27. The van der Waals surface area contributed by atoms with Crippen molar-refractivity contribution < 1.29 is 29.3 Å². The zero-order valence-electron chi connectivity index (χ0n) is 11.8. The van der Waals surface area contributed by atoms with E-state index >= 15 is 0 Å². The van der Waals surface area contributed by atoms with Gasteiger partial charge < -0.3 is 14.9 Å². The number of esters is 1. The van der Waals surface area contributed by atoms with Gasteiger partial charge in [-0.05, 0) is 12.8 Å². The van der Waals surface area contributed by atoms with Gasteiger partial charge in [0.05, 0.1) is 13.0 Å². The van der Waals surface area contributed by atoms with Crippen LogP contribution < -0.4 is 0 Å². The first-order valence-corrected chi connectivity index (χ1v) is 6.61. The Hall–Kier alpha value is -1.85. The number of carbonyl (C=O) groups is 3. The van der Waals surface area contributed by atoms with Crippen molar-refractivity contribution in [2.24, 2.45) is 5.92 Å². The quantitative estimate of drug-likeness (QED) is 0.343. The summed E-state index contributed by atoms with van der Waals surface area (Å²) in [5, 5.41) is 17.7. The molecular formula is C14H22O6. The topological polar surface area (TPSA) is 101 Å². The van der Waals surface area contributed by atoms with Crippen LogP contribution in [0.25, 0.3) is 0 Å². The van der Waals surface area contributed by atoms with Crippen LogP contribution in [0.3, 0.4) is 0 Å². The monoisotopic (exact) mass is 286 g/mol. The Kier molecular flexibility index (Phi) is 9.07. The summed E-state index contributed by atoms with van der Waals surface area (Å²) in [5.74, 6) is -3.67. The van der Waals surface area contributed by atoms with Crippen LogP contribution in [-0.2, 0) is 19.1 Å². The normalized spacial score (nSPS) is 11.7. The lowest BCUT2D eigenvalue weighted by atomic mass is 9.94. The zero-order valence-corrected chi connectivity index (χ0v) is 11.8. The van der Waals surface area contributed by atoms with Crippen molar-refractivity contribution in [1.29, 1.82) is 0 Å². The second kappa shape index (κ2) is 10.00. The van der Waals surface area contributed by atoms with E-state index in [2.05, 4.69) is 11.3 Å². The van der Waals surface area contributed by atoms with Crippen LogP contribution in [0, 0.1) is 5.92 Å². The average Bonchev–Trinajstić information content (AvgIpc) is 2.40. The van der Waals surface area contributed by atoms with E-state index in [1.165, 1.54) is 7.11 Å². The summed E-state index contributed by atoms with van der Waals surface area (Å²) in [6.07, 6.45) is 4.59. The first-order valence-electron chi connectivity index (χ1n) is 6.61. The van der Waals surface area contributed by atoms with Crippen LogP contribution in [0.4, 0.5) is 0 Å². The number of carboxylic acids is 2. The molecule has 0 rings (SSSR count). The first-order chi connectivity index (χ1) is 9.40. The molecule has 0 fully saturated rings. The molecule has 0 spiro atoms. The number of carbonyl (C=O) groups excluding carboxylic acids is 1. The fraction of sp³-hybridized carbons (Fsp3) is 0.643. The Bertz CT molecular complexity index is 361. The van der Waals surface area contributed by atoms with Crippen molar-refractivity contribution in [3.63, 3.8) is 0 Å². The number of methoxy groups -OCH3 is 1. The molecule has 0 amide bonds. The van der Waals surface area contributed by atoms with Crippen LogP contribution in [0.15, 0.2) is 12.2 Å². The van der Waals surface area contributed by atoms with E-state index in [9.17, 15) is 14.4 Å². The van der Waals surface area contributed by atoms with E-state index in [0.29, 0.717) is 12.8 Å². The Morgan fingerprint density at radius 2 is 1.60 bits per heavy atom. The highest BCUT2D eigenvalue weighted by molar-refractivity contribution is 5.93. The van der Waals surface area contributed by atoms with E-state index in [1.54, 1.807) is 0 Å². The van der Waals surface area contributed by atoms with Crippen LogP contribution in [-0.4, -0.2) is 35.2 Å². The summed E-state index contributed by atoms with van der Waals surface area (Å²) in [6, 6.07) is 0. The van der Waals surface area contributed by atoms with Crippen LogP contribution in [0.1, 0.15) is 44.9 Å². The summed E-state index contributed by atoms with van der Waals surface area (Å²) in [6.45, 7) is 3.30. The highest BCUT2D eigenvalue weighted by Crippen LogP contribution is 2.19. The molecule has 0 heterocycles. The summed E-state index contributed by atoms with van der Waals surface area (Å²) in [5.41, 5.74) is -0.275. The Morgan fingerprint density at radius 3 is 2.10 bits per heavy atom. The summed E-state index contributed by atoms with van der Waals surface area (Å²) in [7, 11) is 1.35. The highest BCUT2D eigenvalue weighted by atomic mass is 16.5. The fourth-order valence-corrected chi connectivity index (χ4v) is 1.85. The molecule has 0 saturated heterocycles. The largest absolute Gasteiger partial charge is 0.481 e. The fourth-order valence-electron chi connectivity index (χ4n) is 1.85. The van der Waals surface area contributed by atoms with Gasteiger partial charge in [-0.1, -0.05) is 32.3 Å². The molecule has 0 aliphatic heterocycles. The van der Waals surface area contributed by atoms with Crippen LogP contribution in [0.5, 0.6) is 0 Å². The third-order valence-electron chi connectivity index (χ3n) is 3.09. The predicted molar refractivity (Wildman–Crippen MR) is 72.2 cm³/mol. The van der Waals surface area contributed by atoms with Crippen molar-refractivity contribution in [3.05, 3.63) is 12.2 Å². The highest BCUT2D eigenvalue weighted by Gasteiger charge is 2.24. The van der Waals surface area contributed by atoms with Gasteiger partial charge in [-0.15, -0.1) is 0 Å². The molecule has 6 nitrogen and oxygen atoms in total. The van der Waals surface area contributed by atoms with Gasteiger partial charge in [0.2, 0.25) is 0 Å². The number of ether oxygens (including phenoxy) is 1. The molecule has 114 valence electrons. The second-order valence-corrected chi connectivity index (χ2v) is 4.60. The SMILES string of the molecule is C=C(C(=O)O)C(CCCCCCCC(=O)OC)C(=O)O. The summed E-state index contributed by atoms with van der Waals surface area (Å²) >= 11 is 0. The molecule has 20 heavy (non-hydrogen) atoms. The van der Waals surface area contributed by atoms with Gasteiger partial charge in [0.1, 0.15) is 0 Å².